The average Bonchev–Trinajstić information content (AvgIpc) is 2.64. The first-order chi connectivity index (χ1) is 12.4. The fourth-order valence-electron chi connectivity index (χ4n) is 2.35. The van der Waals surface area contributed by atoms with E-state index in [2.05, 4.69) is 24.5 Å². The summed E-state index contributed by atoms with van der Waals surface area (Å²) in [6, 6.07) is 14.3. The number of rotatable bonds is 7. The van der Waals surface area contributed by atoms with Crippen molar-refractivity contribution in [2.24, 2.45) is 5.73 Å². The maximum absolute atomic E-state index is 12.2. The van der Waals surface area contributed by atoms with Gasteiger partial charge in [0.15, 0.2) is 0 Å². The molecule has 0 fully saturated rings. The third-order valence-electron chi connectivity index (χ3n) is 3.93. The highest BCUT2D eigenvalue weighted by Crippen LogP contribution is 2.14. The molecule has 2 aromatic carbocycles. The smallest absolute Gasteiger partial charge is 0.251 e. The van der Waals surface area contributed by atoms with Crippen LogP contribution in [0.3, 0.4) is 0 Å². The number of hydrogen-bond acceptors (Lipinski definition) is 3. The fraction of sp³-hybridized carbons (Fsp3) is 0.250. The van der Waals surface area contributed by atoms with Gasteiger partial charge in [-0.05, 0) is 41.3 Å². The topological polar surface area (TPSA) is 101 Å². The first-order valence-corrected chi connectivity index (χ1v) is 8.40. The minimum Gasteiger partial charge on any atom is -0.368 e. The van der Waals surface area contributed by atoms with E-state index in [-0.39, 0.29) is 18.4 Å². The van der Waals surface area contributed by atoms with E-state index in [1.165, 1.54) is 5.56 Å². The highest BCUT2D eigenvalue weighted by Gasteiger charge is 2.08. The van der Waals surface area contributed by atoms with E-state index in [4.69, 9.17) is 5.73 Å². The van der Waals surface area contributed by atoms with Crippen molar-refractivity contribution in [3.63, 3.8) is 0 Å². The summed E-state index contributed by atoms with van der Waals surface area (Å²) in [5, 5.41) is 5.27. The van der Waals surface area contributed by atoms with Crippen LogP contribution in [0.25, 0.3) is 0 Å². The lowest BCUT2D eigenvalue weighted by atomic mass is 10.0. The molecule has 0 bridgehead atoms. The molecule has 0 aliphatic carbocycles. The van der Waals surface area contributed by atoms with Crippen LogP contribution >= 0.6 is 0 Å². The van der Waals surface area contributed by atoms with Crippen LogP contribution in [0.1, 0.15) is 51.6 Å². The van der Waals surface area contributed by atoms with Gasteiger partial charge in [-0.2, -0.15) is 0 Å². The molecule has 0 radical (unpaired) electrons. The molecule has 136 valence electrons. The molecule has 3 amide bonds. The van der Waals surface area contributed by atoms with Gasteiger partial charge in [0, 0.05) is 17.7 Å². The second-order valence-corrected chi connectivity index (χ2v) is 6.31. The van der Waals surface area contributed by atoms with Crippen LogP contribution in [0.4, 0.5) is 0 Å². The summed E-state index contributed by atoms with van der Waals surface area (Å²) in [6.45, 7) is 4.36. The second kappa shape index (κ2) is 8.80. The monoisotopic (exact) mass is 353 g/mol. The number of amides is 3. The van der Waals surface area contributed by atoms with Crippen LogP contribution < -0.4 is 16.4 Å². The maximum Gasteiger partial charge on any atom is 0.251 e. The Hall–Kier alpha value is -3.15. The molecular formula is C20H23N3O3. The summed E-state index contributed by atoms with van der Waals surface area (Å²) in [5.74, 6) is -0.696. The zero-order chi connectivity index (χ0) is 19.1. The molecule has 0 saturated heterocycles. The molecular weight excluding hydrogens is 330 g/mol. The quantitative estimate of drug-likeness (QED) is 0.709. The Morgan fingerprint density at radius 2 is 1.35 bits per heavy atom. The van der Waals surface area contributed by atoms with Gasteiger partial charge in [0.25, 0.3) is 11.8 Å². The molecule has 0 aliphatic rings. The zero-order valence-electron chi connectivity index (χ0n) is 14.9. The van der Waals surface area contributed by atoms with Gasteiger partial charge in [0.05, 0.1) is 6.54 Å². The molecule has 0 aliphatic heterocycles. The predicted octanol–water partition coefficient (Wildman–Crippen LogP) is 1.96. The highest BCUT2D eigenvalue weighted by atomic mass is 16.2. The zero-order valence-corrected chi connectivity index (χ0v) is 14.9. The van der Waals surface area contributed by atoms with Gasteiger partial charge in [-0.15, -0.1) is 0 Å². The van der Waals surface area contributed by atoms with Gasteiger partial charge in [0.2, 0.25) is 5.91 Å². The number of benzene rings is 2. The third kappa shape index (κ3) is 5.44. The van der Waals surface area contributed by atoms with E-state index in [9.17, 15) is 14.4 Å². The van der Waals surface area contributed by atoms with Crippen molar-refractivity contribution in [2.45, 2.75) is 26.3 Å². The Morgan fingerprint density at radius 3 is 1.85 bits per heavy atom. The van der Waals surface area contributed by atoms with Crippen molar-refractivity contribution < 1.29 is 14.4 Å². The van der Waals surface area contributed by atoms with E-state index in [0.29, 0.717) is 23.6 Å². The molecule has 26 heavy (non-hydrogen) atoms. The van der Waals surface area contributed by atoms with Crippen LogP contribution in [0.15, 0.2) is 48.5 Å². The standard InChI is InChI=1S/C20H23N3O3/c1-13(2)15-7-9-17(10-8-15)19(25)22-11-14-3-5-16(6-4-14)20(26)23-12-18(21)24/h3-10,13H,11-12H2,1-2H3,(H2,21,24)(H,22,25)(H,23,26). The van der Waals surface area contributed by atoms with Crippen LogP contribution in [0, 0.1) is 0 Å². The summed E-state index contributed by atoms with van der Waals surface area (Å²) >= 11 is 0. The largest absolute Gasteiger partial charge is 0.368 e. The lowest BCUT2D eigenvalue weighted by molar-refractivity contribution is -0.117. The first kappa shape index (κ1) is 19.2. The van der Waals surface area contributed by atoms with E-state index in [0.717, 1.165) is 5.56 Å². The van der Waals surface area contributed by atoms with Crippen LogP contribution in [-0.2, 0) is 11.3 Å². The summed E-state index contributed by atoms with van der Waals surface area (Å²) in [5.41, 5.74) is 8.07. The van der Waals surface area contributed by atoms with Gasteiger partial charge in [-0.1, -0.05) is 38.1 Å². The molecule has 2 aromatic rings. The number of nitrogens with one attached hydrogen (secondary N) is 2. The SMILES string of the molecule is CC(C)c1ccc(C(=O)NCc2ccc(C(=O)NCC(N)=O)cc2)cc1. The normalized spacial score (nSPS) is 10.4. The molecule has 0 heterocycles. The Morgan fingerprint density at radius 1 is 0.846 bits per heavy atom. The van der Waals surface area contributed by atoms with Crippen molar-refractivity contribution in [1.29, 1.82) is 0 Å². The van der Waals surface area contributed by atoms with E-state index >= 15 is 0 Å². The lowest BCUT2D eigenvalue weighted by Gasteiger charge is -2.09. The summed E-state index contributed by atoms with van der Waals surface area (Å²) < 4.78 is 0. The number of carbonyl (C=O) groups is 3. The Kier molecular flexibility index (Phi) is 6.49. The highest BCUT2D eigenvalue weighted by molar-refractivity contribution is 5.96. The summed E-state index contributed by atoms with van der Waals surface area (Å²) in [4.78, 5) is 34.7. The van der Waals surface area contributed by atoms with Gasteiger partial charge in [-0.25, -0.2) is 0 Å². The number of hydrogen-bond donors (Lipinski definition) is 3. The van der Waals surface area contributed by atoms with Gasteiger partial charge >= 0.3 is 0 Å². The van der Waals surface area contributed by atoms with Crippen molar-refractivity contribution in [1.82, 2.24) is 10.6 Å². The molecule has 0 saturated carbocycles. The van der Waals surface area contributed by atoms with E-state index in [1.807, 2.05) is 24.3 Å². The minimum absolute atomic E-state index is 0.149. The molecule has 0 atom stereocenters. The van der Waals surface area contributed by atoms with E-state index in [1.54, 1.807) is 24.3 Å². The third-order valence-corrected chi connectivity index (χ3v) is 3.93. The number of primary amides is 1. The van der Waals surface area contributed by atoms with Crippen molar-refractivity contribution in [3.05, 3.63) is 70.8 Å². The lowest BCUT2D eigenvalue weighted by Crippen LogP contribution is -2.33. The van der Waals surface area contributed by atoms with Gasteiger partial charge in [-0.3, -0.25) is 14.4 Å². The van der Waals surface area contributed by atoms with Crippen molar-refractivity contribution in [2.75, 3.05) is 6.54 Å². The summed E-state index contributed by atoms with van der Waals surface area (Å²) in [7, 11) is 0. The summed E-state index contributed by atoms with van der Waals surface area (Å²) in [6.07, 6.45) is 0. The number of carbonyl (C=O) groups excluding carboxylic acids is 3. The molecule has 0 unspecified atom stereocenters. The Bertz CT molecular complexity index is 781. The number of nitrogens with two attached hydrogens (primary N) is 1. The second-order valence-electron chi connectivity index (χ2n) is 6.31. The molecule has 6 nitrogen and oxygen atoms in total. The Balaban J connectivity index is 1.89. The van der Waals surface area contributed by atoms with Gasteiger partial charge < -0.3 is 16.4 Å². The minimum atomic E-state index is -0.598. The van der Waals surface area contributed by atoms with Gasteiger partial charge in [0.1, 0.15) is 0 Å². The molecule has 2 rings (SSSR count). The van der Waals surface area contributed by atoms with E-state index < -0.39 is 5.91 Å². The van der Waals surface area contributed by atoms with Crippen molar-refractivity contribution >= 4 is 17.7 Å². The molecule has 0 spiro atoms. The fourth-order valence-corrected chi connectivity index (χ4v) is 2.35. The molecule has 4 N–H and O–H groups in total. The van der Waals surface area contributed by atoms with Crippen LogP contribution in [0.2, 0.25) is 0 Å². The van der Waals surface area contributed by atoms with Crippen LogP contribution in [0.5, 0.6) is 0 Å². The van der Waals surface area contributed by atoms with Crippen molar-refractivity contribution in [3.8, 4) is 0 Å². The molecule has 6 heteroatoms. The predicted molar refractivity (Wildman–Crippen MR) is 99.7 cm³/mol. The van der Waals surface area contributed by atoms with Crippen LogP contribution in [-0.4, -0.2) is 24.3 Å². The average molecular weight is 353 g/mol. The Labute approximate surface area is 152 Å². The maximum atomic E-state index is 12.2. The first-order valence-electron chi connectivity index (χ1n) is 8.40. The molecule has 0 aromatic heterocycles.